The first-order valence-electron chi connectivity index (χ1n) is 3.82. The van der Waals surface area contributed by atoms with Crippen LogP contribution in [-0.2, 0) is 0 Å². The van der Waals surface area contributed by atoms with Gasteiger partial charge in [0.15, 0.2) is 17.3 Å². The third kappa shape index (κ3) is 2.87. The summed E-state index contributed by atoms with van der Waals surface area (Å²) in [5.74, 6) is -0.485. The molecule has 1 amide bonds. The number of anilines is 2. The molecule has 1 aromatic heterocycles. The van der Waals surface area contributed by atoms with E-state index in [4.69, 9.17) is 22.9 Å². The van der Waals surface area contributed by atoms with Crippen LogP contribution >= 0.6 is 22.6 Å². The number of nitrogens with one attached hydrogen (secondary N) is 1. The number of carbonyl (C=O) groups is 1. The number of nitrogens with two attached hydrogens (primary N) is 4. The Kier molecular flexibility index (Phi) is 3.60. The molecule has 0 spiro atoms. The highest BCUT2D eigenvalue weighted by Crippen LogP contribution is 2.14. The molecule has 0 saturated carbocycles. The van der Waals surface area contributed by atoms with Crippen LogP contribution in [0, 0.1) is 3.70 Å². The third-order valence-corrected chi connectivity index (χ3v) is 2.21. The van der Waals surface area contributed by atoms with Crippen LogP contribution in [0.3, 0.4) is 0 Å². The molecule has 0 atom stereocenters. The van der Waals surface area contributed by atoms with Gasteiger partial charge in [-0.2, -0.15) is 0 Å². The van der Waals surface area contributed by atoms with Crippen LogP contribution < -0.4 is 28.3 Å². The van der Waals surface area contributed by atoms with Crippen LogP contribution in [0.5, 0.6) is 0 Å². The number of aromatic nitrogens is 2. The number of carbonyl (C=O) groups excluding carboxylic acids is 1. The third-order valence-electron chi connectivity index (χ3n) is 1.42. The molecule has 8 nitrogen and oxygen atoms in total. The molecule has 0 unspecified atom stereocenters. The summed E-state index contributed by atoms with van der Waals surface area (Å²) in [6.07, 6.45) is -0.978. The molecule has 9 N–H and O–H groups in total. The second kappa shape index (κ2) is 4.55. The average molecular weight is 323 g/mol. The second-order valence-corrected chi connectivity index (χ2v) is 3.65. The standard InChI is InChI=1S/C6H10IN7O/c7-2-4(9)13-3(8)1(12-2)5(15)14-6(10)11/h6H,10-11H2,(H,14,15)(H4,8,9,13). The zero-order valence-corrected chi connectivity index (χ0v) is 9.72. The topological polar surface area (TPSA) is 159 Å². The molecule has 82 valence electrons. The Hall–Kier alpha value is -1.20. The van der Waals surface area contributed by atoms with Crippen molar-refractivity contribution < 1.29 is 4.79 Å². The lowest BCUT2D eigenvalue weighted by Crippen LogP contribution is -2.48. The van der Waals surface area contributed by atoms with E-state index >= 15 is 0 Å². The summed E-state index contributed by atoms with van der Waals surface area (Å²) in [6.45, 7) is 0. The van der Waals surface area contributed by atoms with E-state index in [-0.39, 0.29) is 17.3 Å². The van der Waals surface area contributed by atoms with Crippen molar-refractivity contribution in [3.05, 3.63) is 9.39 Å². The Morgan fingerprint density at radius 2 is 1.87 bits per heavy atom. The van der Waals surface area contributed by atoms with Gasteiger partial charge in [-0.25, -0.2) is 9.97 Å². The van der Waals surface area contributed by atoms with Gasteiger partial charge < -0.3 is 16.8 Å². The molecule has 0 fully saturated rings. The normalized spacial score (nSPS) is 10.4. The minimum absolute atomic E-state index is 0.0468. The second-order valence-electron chi connectivity index (χ2n) is 2.63. The summed E-state index contributed by atoms with van der Waals surface area (Å²) in [6, 6.07) is 0. The van der Waals surface area contributed by atoms with E-state index in [1.165, 1.54) is 0 Å². The molecule has 0 aliphatic rings. The van der Waals surface area contributed by atoms with E-state index in [0.29, 0.717) is 3.70 Å². The van der Waals surface area contributed by atoms with Gasteiger partial charge in [0.1, 0.15) is 9.99 Å². The van der Waals surface area contributed by atoms with Crippen molar-refractivity contribution in [2.75, 3.05) is 11.5 Å². The monoisotopic (exact) mass is 323 g/mol. The maximum atomic E-state index is 11.4. The lowest BCUT2D eigenvalue weighted by molar-refractivity contribution is 0.0935. The molecular formula is C6H10IN7O. The fourth-order valence-electron chi connectivity index (χ4n) is 0.828. The summed E-state index contributed by atoms with van der Waals surface area (Å²) in [4.78, 5) is 19.1. The summed E-state index contributed by atoms with van der Waals surface area (Å²) >= 11 is 1.84. The Morgan fingerprint density at radius 1 is 1.27 bits per heavy atom. The van der Waals surface area contributed by atoms with Crippen molar-refractivity contribution in [1.82, 2.24) is 15.3 Å². The number of hydrogen-bond acceptors (Lipinski definition) is 7. The minimum atomic E-state index is -0.978. The van der Waals surface area contributed by atoms with Crippen molar-refractivity contribution in [2.24, 2.45) is 11.5 Å². The molecule has 1 rings (SSSR count). The van der Waals surface area contributed by atoms with Crippen molar-refractivity contribution in [2.45, 2.75) is 6.29 Å². The zero-order valence-electron chi connectivity index (χ0n) is 7.57. The summed E-state index contributed by atoms with van der Waals surface area (Å²) in [7, 11) is 0. The van der Waals surface area contributed by atoms with Gasteiger partial charge in [0.25, 0.3) is 5.91 Å². The maximum absolute atomic E-state index is 11.4. The molecule has 1 aromatic rings. The zero-order chi connectivity index (χ0) is 11.6. The van der Waals surface area contributed by atoms with Gasteiger partial charge in [-0.05, 0) is 22.6 Å². The molecule has 15 heavy (non-hydrogen) atoms. The van der Waals surface area contributed by atoms with Crippen molar-refractivity contribution in [1.29, 1.82) is 0 Å². The van der Waals surface area contributed by atoms with E-state index in [1.54, 1.807) is 0 Å². The van der Waals surface area contributed by atoms with E-state index in [0.717, 1.165) is 0 Å². The Balaban J connectivity index is 3.04. The summed E-state index contributed by atoms with van der Waals surface area (Å²) in [5.41, 5.74) is 21.2. The molecule has 0 aromatic carbocycles. The first-order valence-corrected chi connectivity index (χ1v) is 4.90. The molecular weight excluding hydrogens is 313 g/mol. The summed E-state index contributed by atoms with van der Waals surface area (Å²) in [5, 5.41) is 2.24. The molecule has 0 bridgehead atoms. The van der Waals surface area contributed by atoms with Crippen LogP contribution in [0.4, 0.5) is 11.6 Å². The minimum Gasteiger partial charge on any atom is -0.382 e. The maximum Gasteiger partial charge on any atom is 0.275 e. The average Bonchev–Trinajstić information content (AvgIpc) is 2.09. The van der Waals surface area contributed by atoms with Crippen LogP contribution in [0.2, 0.25) is 0 Å². The highest BCUT2D eigenvalue weighted by Gasteiger charge is 2.16. The lowest BCUT2D eigenvalue weighted by atomic mass is 10.4. The highest BCUT2D eigenvalue weighted by molar-refractivity contribution is 14.1. The number of hydrogen-bond donors (Lipinski definition) is 5. The van der Waals surface area contributed by atoms with Crippen molar-refractivity contribution >= 4 is 40.1 Å². The van der Waals surface area contributed by atoms with E-state index < -0.39 is 12.2 Å². The highest BCUT2D eigenvalue weighted by atomic mass is 127. The Labute approximate surface area is 98.9 Å². The van der Waals surface area contributed by atoms with Gasteiger partial charge in [-0.1, -0.05) is 0 Å². The van der Waals surface area contributed by atoms with Gasteiger partial charge >= 0.3 is 0 Å². The largest absolute Gasteiger partial charge is 0.382 e. The molecule has 0 aliphatic carbocycles. The van der Waals surface area contributed by atoms with Gasteiger partial charge in [0.2, 0.25) is 0 Å². The predicted molar refractivity (Wildman–Crippen MR) is 63.2 cm³/mol. The van der Waals surface area contributed by atoms with Gasteiger partial charge in [0.05, 0.1) is 0 Å². The van der Waals surface area contributed by atoms with Gasteiger partial charge in [0, 0.05) is 0 Å². The Bertz CT molecular complexity index is 393. The van der Waals surface area contributed by atoms with E-state index in [1.807, 2.05) is 22.6 Å². The first kappa shape index (κ1) is 11.9. The van der Waals surface area contributed by atoms with Gasteiger partial charge in [-0.15, -0.1) is 0 Å². The predicted octanol–water partition coefficient (Wildman–Crippen LogP) is -1.82. The van der Waals surface area contributed by atoms with Gasteiger partial charge in [-0.3, -0.25) is 16.3 Å². The fourth-order valence-corrected chi connectivity index (χ4v) is 1.19. The number of halogens is 1. The van der Waals surface area contributed by atoms with Crippen molar-refractivity contribution in [3.8, 4) is 0 Å². The molecule has 0 radical (unpaired) electrons. The van der Waals surface area contributed by atoms with Crippen molar-refractivity contribution in [3.63, 3.8) is 0 Å². The summed E-state index contributed by atoms with van der Waals surface area (Å²) < 4.78 is 0.387. The fraction of sp³-hybridized carbons (Fsp3) is 0.167. The van der Waals surface area contributed by atoms with Crippen LogP contribution in [0.25, 0.3) is 0 Å². The van der Waals surface area contributed by atoms with E-state index in [9.17, 15) is 4.79 Å². The smallest absolute Gasteiger partial charge is 0.275 e. The SMILES string of the molecule is Nc1nc(N)c(C(=O)NC(N)N)nc1I. The van der Waals surface area contributed by atoms with Crippen LogP contribution in [0.15, 0.2) is 0 Å². The van der Waals surface area contributed by atoms with Crippen LogP contribution in [0.1, 0.15) is 10.5 Å². The number of nitrogens with zero attached hydrogens (tertiary/aromatic N) is 2. The Morgan fingerprint density at radius 3 is 2.40 bits per heavy atom. The number of rotatable bonds is 2. The quantitative estimate of drug-likeness (QED) is 0.316. The molecule has 0 saturated heterocycles. The molecule has 1 heterocycles. The lowest BCUT2D eigenvalue weighted by Gasteiger charge is -2.09. The van der Waals surface area contributed by atoms with Crippen LogP contribution in [-0.4, -0.2) is 22.2 Å². The van der Waals surface area contributed by atoms with E-state index in [2.05, 4.69) is 15.3 Å². The number of nitrogen functional groups attached to an aromatic ring is 2. The number of amides is 1. The molecule has 9 heteroatoms. The first-order chi connectivity index (χ1) is 6.91. The molecule has 0 aliphatic heterocycles.